The second-order valence-electron chi connectivity index (χ2n) is 5.34. The van der Waals surface area contributed by atoms with Gasteiger partial charge in [-0.3, -0.25) is 0 Å². The molecule has 2 atom stereocenters. The second-order valence-corrected chi connectivity index (χ2v) is 8.57. The molecule has 3 rings (SSSR count). The predicted octanol–water partition coefficient (Wildman–Crippen LogP) is 2.48. The third kappa shape index (κ3) is 2.64. The van der Waals surface area contributed by atoms with Crippen molar-refractivity contribution in [3.63, 3.8) is 0 Å². The van der Waals surface area contributed by atoms with E-state index in [0.29, 0.717) is 25.0 Å². The highest BCUT2D eigenvalue weighted by atomic mass is 79.9. The minimum atomic E-state index is -3.50. The molecular weight excluding hydrogens is 364 g/mol. The fourth-order valence-corrected chi connectivity index (χ4v) is 5.58. The van der Waals surface area contributed by atoms with Crippen LogP contribution in [0.25, 0.3) is 0 Å². The lowest BCUT2D eigenvalue weighted by molar-refractivity contribution is 0.247. The number of rotatable bonds is 2. The van der Waals surface area contributed by atoms with Gasteiger partial charge < -0.3 is 5.32 Å². The average Bonchev–Trinajstić information content (AvgIpc) is 2.85. The van der Waals surface area contributed by atoms with Crippen LogP contribution in [0, 0.1) is 5.92 Å². The summed E-state index contributed by atoms with van der Waals surface area (Å²) >= 11 is 9.39. The standard InChI is InChI=1S/C13H16BrClN2O2S/c14-10-1-2-13(11(15)7-10)20(18,19)17-6-4-12-9(8-17)3-5-16-12/h1-2,7,9,12,16H,3-6,8H2. The minimum absolute atomic E-state index is 0.201. The van der Waals surface area contributed by atoms with Crippen molar-refractivity contribution < 1.29 is 8.42 Å². The average molecular weight is 380 g/mol. The van der Waals surface area contributed by atoms with Gasteiger partial charge in [0.1, 0.15) is 4.90 Å². The van der Waals surface area contributed by atoms with E-state index in [0.717, 1.165) is 23.9 Å². The molecule has 110 valence electrons. The van der Waals surface area contributed by atoms with Crippen molar-refractivity contribution in [3.05, 3.63) is 27.7 Å². The van der Waals surface area contributed by atoms with Crippen molar-refractivity contribution >= 4 is 37.6 Å². The van der Waals surface area contributed by atoms with Crippen LogP contribution in [0.4, 0.5) is 0 Å². The molecule has 2 aliphatic heterocycles. The highest BCUT2D eigenvalue weighted by molar-refractivity contribution is 9.10. The Hall–Kier alpha value is -0.140. The van der Waals surface area contributed by atoms with Crippen molar-refractivity contribution in [1.29, 1.82) is 0 Å². The van der Waals surface area contributed by atoms with E-state index in [2.05, 4.69) is 21.2 Å². The minimum Gasteiger partial charge on any atom is -0.314 e. The molecule has 1 aromatic carbocycles. The monoisotopic (exact) mass is 378 g/mol. The molecule has 0 bridgehead atoms. The third-order valence-corrected chi connectivity index (χ3v) is 6.97. The topological polar surface area (TPSA) is 49.4 Å². The first-order valence-electron chi connectivity index (χ1n) is 6.67. The SMILES string of the molecule is O=S(=O)(c1ccc(Br)cc1Cl)N1CCC2NCCC2C1. The van der Waals surface area contributed by atoms with E-state index in [1.807, 2.05) is 0 Å². The summed E-state index contributed by atoms with van der Waals surface area (Å²) in [6.07, 6.45) is 1.92. The summed E-state index contributed by atoms with van der Waals surface area (Å²) in [5.41, 5.74) is 0. The summed E-state index contributed by atoms with van der Waals surface area (Å²) in [6.45, 7) is 2.14. The number of hydrogen-bond acceptors (Lipinski definition) is 3. The van der Waals surface area contributed by atoms with Crippen LogP contribution in [-0.4, -0.2) is 38.4 Å². The molecule has 2 heterocycles. The van der Waals surface area contributed by atoms with E-state index in [4.69, 9.17) is 11.6 Å². The van der Waals surface area contributed by atoms with Crippen LogP contribution in [0.15, 0.2) is 27.6 Å². The Morgan fingerprint density at radius 2 is 2.15 bits per heavy atom. The number of hydrogen-bond donors (Lipinski definition) is 1. The zero-order valence-electron chi connectivity index (χ0n) is 10.9. The predicted molar refractivity (Wildman–Crippen MR) is 82.4 cm³/mol. The van der Waals surface area contributed by atoms with Crippen LogP contribution < -0.4 is 5.32 Å². The van der Waals surface area contributed by atoms with Crippen LogP contribution in [0.3, 0.4) is 0 Å². The molecule has 2 saturated heterocycles. The lowest BCUT2D eigenvalue weighted by Crippen LogP contribution is -2.46. The third-order valence-electron chi connectivity index (χ3n) is 4.13. The summed E-state index contributed by atoms with van der Waals surface area (Å²) in [5, 5.41) is 3.70. The lowest BCUT2D eigenvalue weighted by Gasteiger charge is -2.34. The van der Waals surface area contributed by atoms with Gasteiger partial charge in [-0.05, 0) is 43.5 Å². The highest BCUT2D eigenvalue weighted by Crippen LogP contribution is 2.32. The van der Waals surface area contributed by atoms with Crippen LogP contribution in [0.2, 0.25) is 5.02 Å². The van der Waals surface area contributed by atoms with Crippen LogP contribution >= 0.6 is 27.5 Å². The Kier molecular flexibility index (Phi) is 4.12. The summed E-state index contributed by atoms with van der Waals surface area (Å²) < 4.78 is 27.8. The van der Waals surface area contributed by atoms with E-state index >= 15 is 0 Å². The van der Waals surface area contributed by atoms with E-state index in [9.17, 15) is 8.42 Å². The molecule has 0 aliphatic carbocycles. The number of halogens is 2. The summed E-state index contributed by atoms with van der Waals surface area (Å²) in [6, 6.07) is 5.38. The molecule has 4 nitrogen and oxygen atoms in total. The molecule has 7 heteroatoms. The van der Waals surface area contributed by atoms with E-state index in [1.54, 1.807) is 22.5 Å². The summed E-state index contributed by atoms with van der Waals surface area (Å²) in [5.74, 6) is 0.424. The lowest BCUT2D eigenvalue weighted by atomic mass is 9.95. The first-order chi connectivity index (χ1) is 9.48. The zero-order chi connectivity index (χ0) is 14.3. The van der Waals surface area contributed by atoms with Crippen molar-refractivity contribution in [2.24, 2.45) is 5.92 Å². The van der Waals surface area contributed by atoms with Crippen molar-refractivity contribution in [1.82, 2.24) is 9.62 Å². The number of nitrogens with zero attached hydrogens (tertiary/aromatic N) is 1. The van der Waals surface area contributed by atoms with E-state index in [1.165, 1.54) is 0 Å². The van der Waals surface area contributed by atoms with Gasteiger partial charge in [0.05, 0.1) is 5.02 Å². The van der Waals surface area contributed by atoms with Gasteiger partial charge >= 0.3 is 0 Å². The number of benzene rings is 1. The normalized spacial score (nSPS) is 27.5. The van der Waals surface area contributed by atoms with Crippen molar-refractivity contribution in [2.45, 2.75) is 23.8 Å². The second kappa shape index (κ2) is 5.57. The van der Waals surface area contributed by atoms with Gasteiger partial charge in [-0.15, -0.1) is 0 Å². The maximum atomic E-state index is 12.7. The Bertz CT molecular complexity index is 623. The molecule has 2 aliphatic rings. The molecular formula is C13H16BrClN2O2S. The van der Waals surface area contributed by atoms with Crippen LogP contribution in [-0.2, 0) is 10.0 Å². The smallest absolute Gasteiger partial charge is 0.244 e. The van der Waals surface area contributed by atoms with Gasteiger partial charge in [0.25, 0.3) is 0 Å². The quantitative estimate of drug-likeness (QED) is 0.859. The molecule has 0 amide bonds. The number of sulfonamides is 1. The molecule has 0 aromatic heterocycles. The van der Waals surface area contributed by atoms with E-state index in [-0.39, 0.29) is 9.92 Å². The Morgan fingerprint density at radius 3 is 2.90 bits per heavy atom. The molecule has 1 aromatic rings. The van der Waals surface area contributed by atoms with Gasteiger partial charge in [0.15, 0.2) is 0 Å². The van der Waals surface area contributed by atoms with Crippen molar-refractivity contribution in [2.75, 3.05) is 19.6 Å². The number of nitrogens with one attached hydrogen (secondary N) is 1. The van der Waals surface area contributed by atoms with Crippen LogP contribution in [0.1, 0.15) is 12.8 Å². The zero-order valence-corrected chi connectivity index (χ0v) is 14.0. The van der Waals surface area contributed by atoms with Gasteiger partial charge in [-0.25, -0.2) is 8.42 Å². The molecule has 0 spiro atoms. The highest BCUT2D eigenvalue weighted by Gasteiger charge is 2.38. The van der Waals surface area contributed by atoms with Crippen molar-refractivity contribution in [3.8, 4) is 0 Å². The summed E-state index contributed by atoms with van der Waals surface area (Å²) in [7, 11) is -3.50. The fraction of sp³-hybridized carbons (Fsp3) is 0.538. The Morgan fingerprint density at radius 1 is 1.35 bits per heavy atom. The van der Waals surface area contributed by atoms with E-state index < -0.39 is 10.0 Å². The first-order valence-corrected chi connectivity index (χ1v) is 9.28. The molecule has 2 fully saturated rings. The van der Waals surface area contributed by atoms with Gasteiger partial charge in [0, 0.05) is 23.6 Å². The molecule has 2 unspecified atom stereocenters. The first kappa shape index (κ1) is 14.8. The Balaban J connectivity index is 1.88. The van der Waals surface area contributed by atoms with Crippen LogP contribution in [0.5, 0.6) is 0 Å². The van der Waals surface area contributed by atoms with Gasteiger partial charge in [0.2, 0.25) is 10.0 Å². The summed E-state index contributed by atoms with van der Waals surface area (Å²) in [4.78, 5) is 0.201. The largest absolute Gasteiger partial charge is 0.314 e. The number of fused-ring (bicyclic) bond motifs is 1. The molecule has 0 radical (unpaired) electrons. The fourth-order valence-electron chi connectivity index (χ4n) is 3.06. The maximum absolute atomic E-state index is 12.7. The van der Waals surface area contributed by atoms with Gasteiger partial charge in [-0.1, -0.05) is 27.5 Å². The van der Waals surface area contributed by atoms with Gasteiger partial charge in [-0.2, -0.15) is 4.31 Å². The molecule has 1 N–H and O–H groups in total. The molecule has 0 saturated carbocycles. The Labute approximate surface area is 132 Å². The number of piperidine rings is 1. The maximum Gasteiger partial charge on any atom is 0.244 e. The molecule has 20 heavy (non-hydrogen) atoms.